The van der Waals surface area contributed by atoms with Crippen molar-refractivity contribution in [3.63, 3.8) is 0 Å². The summed E-state index contributed by atoms with van der Waals surface area (Å²) in [5.41, 5.74) is 2.32. The van der Waals surface area contributed by atoms with Gasteiger partial charge in [0.05, 0.1) is 16.8 Å². The molecule has 0 aliphatic carbocycles. The van der Waals surface area contributed by atoms with Crippen molar-refractivity contribution in [1.29, 1.82) is 0 Å². The molecule has 0 fully saturated rings. The molecule has 3 aromatic carbocycles. The quantitative estimate of drug-likeness (QED) is 0.692. The lowest BCUT2D eigenvalue weighted by Crippen LogP contribution is -2.40. The number of benzene rings is 3. The van der Waals surface area contributed by atoms with Crippen molar-refractivity contribution >= 4 is 23.2 Å². The molecule has 0 spiro atoms. The molecule has 0 saturated carbocycles. The Hall–Kier alpha value is -3.60. The number of para-hydroxylation sites is 1. The molecule has 5 heteroatoms. The largest absolute Gasteiger partial charge is 0.479 e. The van der Waals surface area contributed by atoms with Crippen LogP contribution in [-0.2, 0) is 21.4 Å². The van der Waals surface area contributed by atoms with Crippen molar-refractivity contribution in [3.05, 3.63) is 90.0 Å². The fourth-order valence-electron chi connectivity index (χ4n) is 3.60. The Kier molecular flexibility index (Phi) is 5.04. The van der Waals surface area contributed by atoms with Crippen LogP contribution < -0.4 is 15.4 Å². The van der Waals surface area contributed by atoms with Gasteiger partial charge in [-0.2, -0.15) is 0 Å². The number of carbonyl (C=O) groups is 2. The van der Waals surface area contributed by atoms with E-state index in [0.717, 1.165) is 11.1 Å². The Morgan fingerprint density at radius 2 is 1.69 bits per heavy atom. The molecular formula is C24H22N2O3. The van der Waals surface area contributed by atoms with Gasteiger partial charge in [-0.05, 0) is 36.6 Å². The van der Waals surface area contributed by atoms with E-state index < -0.39 is 5.41 Å². The van der Waals surface area contributed by atoms with Crippen LogP contribution in [0.15, 0.2) is 78.9 Å². The number of amides is 2. The van der Waals surface area contributed by atoms with Gasteiger partial charge in [0.15, 0.2) is 12.4 Å². The van der Waals surface area contributed by atoms with Crippen LogP contribution in [0.4, 0.5) is 11.4 Å². The monoisotopic (exact) mass is 386 g/mol. The van der Waals surface area contributed by atoms with Crippen LogP contribution in [0.2, 0.25) is 0 Å². The molecule has 1 atom stereocenters. The first-order chi connectivity index (χ1) is 14.1. The van der Waals surface area contributed by atoms with E-state index in [1.165, 1.54) is 0 Å². The second-order valence-corrected chi connectivity index (χ2v) is 7.33. The zero-order valence-electron chi connectivity index (χ0n) is 16.1. The Labute approximate surface area is 169 Å². The maximum absolute atomic E-state index is 13.5. The molecule has 2 N–H and O–H groups in total. The minimum Gasteiger partial charge on any atom is -0.479 e. The van der Waals surface area contributed by atoms with E-state index in [2.05, 4.69) is 10.6 Å². The molecule has 0 saturated heterocycles. The molecule has 146 valence electrons. The number of hydrogen-bond acceptors (Lipinski definition) is 3. The summed E-state index contributed by atoms with van der Waals surface area (Å²) in [6.45, 7) is 1.88. The Bertz CT molecular complexity index is 1030. The van der Waals surface area contributed by atoms with Gasteiger partial charge in [0.25, 0.3) is 5.91 Å². The summed E-state index contributed by atoms with van der Waals surface area (Å²) in [5, 5.41) is 5.80. The van der Waals surface area contributed by atoms with Gasteiger partial charge in [0.2, 0.25) is 5.91 Å². The summed E-state index contributed by atoms with van der Waals surface area (Å²) in [7, 11) is 0. The molecule has 1 unspecified atom stereocenters. The van der Waals surface area contributed by atoms with Crippen LogP contribution in [0.1, 0.15) is 18.1 Å². The molecule has 0 radical (unpaired) electrons. The number of carbonyl (C=O) groups excluding carboxylic acids is 2. The van der Waals surface area contributed by atoms with Gasteiger partial charge >= 0.3 is 0 Å². The smallest absolute Gasteiger partial charge is 0.262 e. The third-order valence-corrected chi connectivity index (χ3v) is 5.20. The molecule has 5 nitrogen and oxygen atoms in total. The second-order valence-electron chi connectivity index (χ2n) is 7.33. The lowest BCUT2D eigenvalue weighted by atomic mass is 9.76. The third-order valence-electron chi connectivity index (χ3n) is 5.20. The van der Waals surface area contributed by atoms with Crippen molar-refractivity contribution in [2.75, 3.05) is 17.2 Å². The molecule has 29 heavy (non-hydrogen) atoms. The Balaban J connectivity index is 1.68. The number of hydrogen-bond donors (Lipinski definition) is 2. The van der Waals surface area contributed by atoms with E-state index in [-0.39, 0.29) is 18.4 Å². The molecule has 1 aliphatic rings. The minimum atomic E-state index is -0.788. The van der Waals surface area contributed by atoms with Crippen LogP contribution in [0.3, 0.4) is 0 Å². The topological polar surface area (TPSA) is 67.4 Å². The third kappa shape index (κ3) is 3.85. The number of fused-ring (bicyclic) bond motifs is 1. The normalized spacial score (nSPS) is 14.7. The van der Waals surface area contributed by atoms with Crippen molar-refractivity contribution in [2.45, 2.75) is 18.8 Å². The molecule has 2 amide bonds. The zero-order valence-corrected chi connectivity index (χ0v) is 16.1. The molecule has 0 bridgehead atoms. The van der Waals surface area contributed by atoms with Gasteiger partial charge in [-0.25, -0.2) is 0 Å². The highest BCUT2D eigenvalue weighted by Gasteiger charge is 2.36. The average molecular weight is 386 g/mol. The average Bonchev–Trinajstić information content (AvgIpc) is 2.75. The summed E-state index contributed by atoms with van der Waals surface area (Å²) in [5.74, 6) is 0.135. The first-order valence-electron chi connectivity index (χ1n) is 9.53. The number of rotatable bonds is 5. The van der Waals surface area contributed by atoms with E-state index in [9.17, 15) is 9.59 Å². The number of ether oxygens (including phenoxy) is 1. The SMILES string of the molecule is CC(Cc1ccccc1)(C(=O)Nc1cccc2c1OCC(=O)N2)c1ccccc1. The fraction of sp³-hybridized carbons (Fsp3) is 0.167. The summed E-state index contributed by atoms with van der Waals surface area (Å²) in [6.07, 6.45) is 0.552. The summed E-state index contributed by atoms with van der Waals surface area (Å²) < 4.78 is 5.58. The zero-order chi connectivity index (χ0) is 20.3. The minimum absolute atomic E-state index is 0.0696. The maximum Gasteiger partial charge on any atom is 0.262 e. The summed E-state index contributed by atoms with van der Waals surface area (Å²) in [4.78, 5) is 25.1. The van der Waals surface area contributed by atoms with Gasteiger partial charge in [0.1, 0.15) is 0 Å². The lowest BCUT2D eigenvalue weighted by molar-refractivity contribution is -0.121. The van der Waals surface area contributed by atoms with Crippen molar-refractivity contribution in [2.24, 2.45) is 0 Å². The molecular weight excluding hydrogens is 364 g/mol. The van der Waals surface area contributed by atoms with Gasteiger partial charge < -0.3 is 15.4 Å². The second kappa shape index (κ2) is 7.80. The van der Waals surface area contributed by atoms with Crippen molar-refractivity contribution < 1.29 is 14.3 Å². The molecule has 1 heterocycles. The van der Waals surface area contributed by atoms with E-state index in [1.54, 1.807) is 18.2 Å². The molecule has 1 aliphatic heterocycles. The highest BCUT2D eigenvalue weighted by molar-refractivity contribution is 6.03. The van der Waals surface area contributed by atoms with Gasteiger partial charge in [-0.3, -0.25) is 9.59 Å². The van der Waals surface area contributed by atoms with Crippen LogP contribution in [0.25, 0.3) is 0 Å². The van der Waals surface area contributed by atoms with Crippen molar-refractivity contribution in [1.82, 2.24) is 0 Å². The van der Waals surface area contributed by atoms with Crippen LogP contribution in [-0.4, -0.2) is 18.4 Å². The van der Waals surface area contributed by atoms with Crippen LogP contribution in [0.5, 0.6) is 5.75 Å². The first-order valence-corrected chi connectivity index (χ1v) is 9.53. The Morgan fingerprint density at radius 3 is 2.41 bits per heavy atom. The van der Waals surface area contributed by atoms with Gasteiger partial charge in [-0.15, -0.1) is 0 Å². The molecule has 4 rings (SSSR count). The van der Waals surface area contributed by atoms with E-state index in [1.807, 2.05) is 67.6 Å². The predicted octanol–water partition coefficient (Wildman–Crippen LogP) is 4.16. The predicted molar refractivity (Wildman–Crippen MR) is 113 cm³/mol. The molecule has 0 aromatic heterocycles. The van der Waals surface area contributed by atoms with E-state index in [4.69, 9.17) is 4.74 Å². The highest BCUT2D eigenvalue weighted by atomic mass is 16.5. The summed E-state index contributed by atoms with van der Waals surface area (Å²) in [6, 6.07) is 25.0. The maximum atomic E-state index is 13.5. The standard InChI is InChI=1S/C24H22N2O3/c1-24(18-11-6-3-7-12-18,15-17-9-4-2-5-10-17)23(28)26-20-14-8-13-19-22(20)29-16-21(27)25-19/h2-14H,15-16H2,1H3,(H,25,27)(H,26,28). The number of nitrogens with one attached hydrogen (secondary N) is 2. The van der Waals surface area contributed by atoms with Crippen molar-refractivity contribution in [3.8, 4) is 5.75 Å². The van der Waals surface area contributed by atoms with Crippen LogP contribution >= 0.6 is 0 Å². The van der Waals surface area contributed by atoms with E-state index in [0.29, 0.717) is 23.5 Å². The summed E-state index contributed by atoms with van der Waals surface area (Å²) >= 11 is 0. The lowest BCUT2D eigenvalue weighted by Gasteiger charge is -2.30. The van der Waals surface area contributed by atoms with Crippen LogP contribution in [0, 0.1) is 0 Å². The van der Waals surface area contributed by atoms with Gasteiger partial charge in [-0.1, -0.05) is 66.7 Å². The van der Waals surface area contributed by atoms with Gasteiger partial charge in [0, 0.05) is 0 Å². The first kappa shape index (κ1) is 18.7. The fourth-order valence-corrected chi connectivity index (χ4v) is 3.60. The Morgan fingerprint density at radius 1 is 1.00 bits per heavy atom. The van der Waals surface area contributed by atoms with E-state index >= 15 is 0 Å². The molecule has 3 aromatic rings. The highest BCUT2D eigenvalue weighted by Crippen LogP contribution is 2.37. The number of anilines is 2.